The van der Waals surface area contributed by atoms with E-state index in [1.165, 1.54) is 33.5 Å². The topological polar surface area (TPSA) is 108 Å². The fraction of sp³-hybridized carbons (Fsp3) is 0.250. The number of hydrogen-bond donors (Lipinski definition) is 1. The van der Waals surface area contributed by atoms with E-state index in [0.717, 1.165) is 0 Å². The number of aromatic carboxylic acids is 1. The van der Waals surface area contributed by atoms with Crippen LogP contribution in [0.15, 0.2) is 45.7 Å². The van der Waals surface area contributed by atoms with Gasteiger partial charge in [-0.1, -0.05) is 23.7 Å². The molecule has 1 fully saturated rings. The van der Waals surface area contributed by atoms with Crippen LogP contribution in [-0.4, -0.2) is 60.8 Å². The smallest absolute Gasteiger partial charge is 0.371 e. The number of furan rings is 1. The van der Waals surface area contributed by atoms with E-state index < -0.39 is 21.9 Å². The summed E-state index contributed by atoms with van der Waals surface area (Å²) in [6, 6.07) is 8.67. The maximum Gasteiger partial charge on any atom is 0.371 e. The zero-order valence-corrected chi connectivity index (χ0v) is 15.0. The summed E-state index contributed by atoms with van der Waals surface area (Å²) < 4.78 is 31.6. The zero-order chi connectivity index (χ0) is 18.9. The van der Waals surface area contributed by atoms with Crippen LogP contribution < -0.4 is 0 Å². The fourth-order valence-electron chi connectivity index (χ4n) is 2.65. The number of hydrogen-bond acceptors (Lipinski definition) is 5. The number of benzene rings is 1. The zero-order valence-electron chi connectivity index (χ0n) is 13.5. The first kappa shape index (κ1) is 18.4. The summed E-state index contributed by atoms with van der Waals surface area (Å²) >= 11 is 5.98. The van der Waals surface area contributed by atoms with Gasteiger partial charge >= 0.3 is 5.97 Å². The third kappa shape index (κ3) is 3.46. The van der Waals surface area contributed by atoms with Gasteiger partial charge in [0.25, 0.3) is 5.91 Å². The van der Waals surface area contributed by atoms with Gasteiger partial charge in [0.15, 0.2) is 5.76 Å². The number of sulfonamides is 1. The van der Waals surface area contributed by atoms with E-state index in [4.69, 9.17) is 21.1 Å². The average Bonchev–Trinajstić information content (AvgIpc) is 3.12. The number of amides is 1. The van der Waals surface area contributed by atoms with Crippen molar-refractivity contribution in [3.63, 3.8) is 0 Å². The van der Waals surface area contributed by atoms with Gasteiger partial charge in [0.2, 0.25) is 15.8 Å². The Bertz CT molecular complexity index is 947. The fourth-order valence-corrected chi connectivity index (χ4v) is 4.56. The van der Waals surface area contributed by atoms with Crippen LogP contribution >= 0.6 is 11.6 Å². The molecule has 1 aromatic carbocycles. The Labute approximate surface area is 154 Å². The number of carboxylic acids is 1. The van der Waals surface area contributed by atoms with Gasteiger partial charge in [-0.15, -0.1) is 0 Å². The van der Waals surface area contributed by atoms with Gasteiger partial charge in [0.1, 0.15) is 4.90 Å². The largest absolute Gasteiger partial charge is 0.475 e. The molecule has 0 unspecified atom stereocenters. The summed E-state index contributed by atoms with van der Waals surface area (Å²) in [4.78, 5) is 24.6. The third-order valence-corrected chi connectivity index (χ3v) is 6.41. The number of halogens is 1. The Balaban J connectivity index is 1.70. The van der Waals surface area contributed by atoms with E-state index >= 15 is 0 Å². The molecule has 10 heteroatoms. The summed E-state index contributed by atoms with van der Waals surface area (Å²) in [5.74, 6) is -2.16. The predicted molar refractivity (Wildman–Crippen MR) is 91.8 cm³/mol. The summed E-state index contributed by atoms with van der Waals surface area (Å²) in [6.45, 7) is 0.523. The lowest BCUT2D eigenvalue weighted by Gasteiger charge is -2.33. The maximum atomic E-state index is 12.7. The molecule has 0 radical (unpaired) electrons. The van der Waals surface area contributed by atoms with E-state index in [1.54, 1.807) is 12.1 Å². The van der Waals surface area contributed by atoms with Gasteiger partial charge in [0.05, 0.1) is 5.02 Å². The number of carbonyl (C=O) groups excluding carboxylic acids is 1. The van der Waals surface area contributed by atoms with Gasteiger partial charge in [0, 0.05) is 26.2 Å². The first-order chi connectivity index (χ1) is 12.3. The van der Waals surface area contributed by atoms with Crippen LogP contribution in [0, 0.1) is 0 Å². The van der Waals surface area contributed by atoms with Gasteiger partial charge < -0.3 is 14.4 Å². The van der Waals surface area contributed by atoms with E-state index in [-0.39, 0.29) is 47.6 Å². The number of carboxylic acid groups (broad SMARTS) is 1. The third-order valence-electron chi connectivity index (χ3n) is 4.01. The minimum Gasteiger partial charge on any atom is -0.475 e. The van der Waals surface area contributed by atoms with Gasteiger partial charge in [-0.05, 0) is 24.3 Å². The SMILES string of the molecule is O=C(O)c1ccc(C(=O)N2CCN(S(=O)(=O)c3ccccc3Cl)CC2)o1. The predicted octanol–water partition coefficient (Wildman–Crippen LogP) is 1.78. The monoisotopic (exact) mass is 398 g/mol. The molecule has 1 amide bonds. The Morgan fingerprint density at radius 2 is 1.62 bits per heavy atom. The quantitative estimate of drug-likeness (QED) is 0.840. The molecule has 0 saturated carbocycles. The molecule has 1 saturated heterocycles. The number of rotatable bonds is 4. The minimum absolute atomic E-state index is 0.0265. The molecule has 2 heterocycles. The lowest BCUT2D eigenvalue weighted by atomic mass is 10.3. The lowest BCUT2D eigenvalue weighted by Crippen LogP contribution is -2.50. The molecule has 138 valence electrons. The molecule has 1 N–H and O–H groups in total. The number of piperazine rings is 1. The van der Waals surface area contributed by atoms with Crippen LogP contribution in [-0.2, 0) is 10.0 Å². The first-order valence-electron chi connectivity index (χ1n) is 7.68. The molecule has 1 aliphatic rings. The Morgan fingerprint density at radius 3 is 2.19 bits per heavy atom. The van der Waals surface area contributed by atoms with Crippen LogP contribution in [0.2, 0.25) is 5.02 Å². The summed E-state index contributed by atoms with van der Waals surface area (Å²) in [7, 11) is -3.75. The lowest BCUT2D eigenvalue weighted by molar-refractivity contribution is 0.0632. The van der Waals surface area contributed by atoms with Crippen molar-refractivity contribution < 1.29 is 27.5 Å². The van der Waals surface area contributed by atoms with Gasteiger partial charge in [-0.2, -0.15) is 4.31 Å². The standard InChI is InChI=1S/C16H15ClN2O6S/c17-11-3-1-2-4-14(11)26(23,24)19-9-7-18(8-10-19)15(20)12-5-6-13(25-12)16(21)22/h1-6H,7-10H2,(H,21,22). The normalized spacial score (nSPS) is 15.8. The second-order valence-corrected chi connectivity index (χ2v) is 7.91. The first-order valence-corrected chi connectivity index (χ1v) is 9.49. The minimum atomic E-state index is -3.75. The van der Waals surface area contributed by atoms with Crippen molar-refractivity contribution in [3.05, 3.63) is 52.9 Å². The van der Waals surface area contributed by atoms with Gasteiger partial charge in [-0.3, -0.25) is 4.79 Å². The van der Waals surface area contributed by atoms with Gasteiger partial charge in [-0.25, -0.2) is 13.2 Å². The maximum absolute atomic E-state index is 12.7. The van der Waals surface area contributed by atoms with Crippen molar-refractivity contribution in [2.24, 2.45) is 0 Å². The summed E-state index contributed by atoms with van der Waals surface area (Å²) in [5.41, 5.74) is 0. The van der Waals surface area contributed by atoms with Crippen molar-refractivity contribution in [2.45, 2.75) is 4.90 Å². The van der Waals surface area contributed by atoms with Crippen LogP contribution in [0.4, 0.5) is 0 Å². The molecule has 0 atom stereocenters. The highest BCUT2D eigenvalue weighted by Gasteiger charge is 2.32. The van der Waals surface area contributed by atoms with Crippen LogP contribution in [0.3, 0.4) is 0 Å². The van der Waals surface area contributed by atoms with E-state index in [2.05, 4.69) is 0 Å². The Kier molecular flexibility index (Phi) is 5.03. The van der Waals surface area contributed by atoms with Crippen molar-refractivity contribution in [3.8, 4) is 0 Å². The van der Waals surface area contributed by atoms with Crippen LogP contribution in [0.25, 0.3) is 0 Å². The van der Waals surface area contributed by atoms with Crippen molar-refractivity contribution >= 4 is 33.5 Å². The summed E-state index contributed by atoms with van der Waals surface area (Å²) in [6.07, 6.45) is 0. The summed E-state index contributed by atoms with van der Waals surface area (Å²) in [5, 5.41) is 8.98. The van der Waals surface area contributed by atoms with E-state index in [0.29, 0.717) is 0 Å². The molecular formula is C16H15ClN2O6S. The highest BCUT2D eigenvalue weighted by Crippen LogP contribution is 2.25. The van der Waals surface area contributed by atoms with Crippen LogP contribution in [0.1, 0.15) is 21.1 Å². The molecule has 3 rings (SSSR count). The Hall–Kier alpha value is -2.36. The molecule has 0 bridgehead atoms. The van der Waals surface area contributed by atoms with Crippen molar-refractivity contribution in [1.82, 2.24) is 9.21 Å². The molecule has 0 aliphatic carbocycles. The Morgan fingerprint density at radius 1 is 1.00 bits per heavy atom. The highest BCUT2D eigenvalue weighted by atomic mass is 35.5. The molecule has 1 aliphatic heterocycles. The number of carbonyl (C=O) groups is 2. The molecule has 8 nitrogen and oxygen atoms in total. The highest BCUT2D eigenvalue weighted by molar-refractivity contribution is 7.89. The second kappa shape index (κ2) is 7.10. The molecule has 26 heavy (non-hydrogen) atoms. The molecule has 2 aromatic rings. The van der Waals surface area contributed by atoms with E-state index in [1.807, 2.05) is 0 Å². The van der Waals surface area contributed by atoms with Crippen molar-refractivity contribution in [2.75, 3.05) is 26.2 Å². The van der Waals surface area contributed by atoms with E-state index in [9.17, 15) is 18.0 Å². The molecule has 1 aromatic heterocycles. The second-order valence-electron chi connectivity index (χ2n) is 5.60. The van der Waals surface area contributed by atoms with Crippen molar-refractivity contribution in [1.29, 1.82) is 0 Å². The molecule has 0 spiro atoms. The molecular weight excluding hydrogens is 384 g/mol. The average molecular weight is 399 g/mol. The van der Waals surface area contributed by atoms with Crippen LogP contribution in [0.5, 0.6) is 0 Å². The number of nitrogens with zero attached hydrogens (tertiary/aromatic N) is 2.